The lowest BCUT2D eigenvalue weighted by atomic mass is 10.2. The van der Waals surface area contributed by atoms with Crippen LogP contribution in [-0.4, -0.2) is 54.4 Å². The van der Waals surface area contributed by atoms with Crippen molar-refractivity contribution in [2.24, 2.45) is 0 Å². The number of hydrogen-bond acceptors (Lipinski definition) is 6. The molecule has 1 aromatic carbocycles. The number of thiophene rings is 1. The van der Waals surface area contributed by atoms with E-state index in [0.717, 1.165) is 0 Å². The molecular formula is C18H20N4O4S. The van der Waals surface area contributed by atoms with Crippen molar-refractivity contribution >= 4 is 34.5 Å². The number of nitrogens with one attached hydrogen (secondary N) is 1. The normalized spacial score (nSPS) is 14.1. The van der Waals surface area contributed by atoms with Gasteiger partial charge in [-0.2, -0.15) is 11.3 Å². The number of amides is 2. The second-order valence-corrected chi connectivity index (χ2v) is 6.91. The third-order valence-corrected chi connectivity index (χ3v) is 5.14. The molecule has 2 heterocycles. The minimum absolute atomic E-state index is 0.0252. The summed E-state index contributed by atoms with van der Waals surface area (Å²) in [5, 5.41) is 17.5. The molecule has 1 aliphatic rings. The average molecular weight is 388 g/mol. The number of hydrogen-bond donors (Lipinski definition) is 1. The number of carbonyl (C=O) groups is 2. The summed E-state index contributed by atoms with van der Waals surface area (Å²) in [6.45, 7) is 2.38. The predicted molar refractivity (Wildman–Crippen MR) is 103 cm³/mol. The van der Waals surface area contributed by atoms with Crippen LogP contribution in [0.1, 0.15) is 16.8 Å². The molecule has 142 valence electrons. The third kappa shape index (κ3) is 4.62. The van der Waals surface area contributed by atoms with Gasteiger partial charge < -0.3 is 15.1 Å². The van der Waals surface area contributed by atoms with Crippen LogP contribution in [-0.2, 0) is 4.79 Å². The number of piperazine rings is 1. The van der Waals surface area contributed by atoms with Gasteiger partial charge in [0.25, 0.3) is 11.6 Å². The van der Waals surface area contributed by atoms with Crippen LogP contribution < -0.4 is 10.2 Å². The first-order valence-electron chi connectivity index (χ1n) is 8.63. The van der Waals surface area contributed by atoms with Gasteiger partial charge in [0.2, 0.25) is 5.91 Å². The van der Waals surface area contributed by atoms with Gasteiger partial charge in [-0.1, -0.05) is 12.1 Å². The molecule has 27 heavy (non-hydrogen) atoms. The summed E-state index contributed by atoms with van der Waals surface area (Å²) < 4.78 is 0. The standard InChI is InChI=1S/C18H20N4O4S/c23-17(5-7-19-18(24)14-6-12-27-13-14)21-10-8-20(9-11-21)15-3-1-2-4-16(15)22(25)26/h1-4,6,12-13H,5,7-11H2,(H,19,24). The number of nitro groups is 1. The second kappa shape index (κ2) is 8.63. The largest absolute Gasteiger partial charge is 0.362 e. The van der Waals surface area contributed by atoms with Crippen LogP contribution in [0.2, 0.25) is 0 Å². The quantitative estimate of drug-likeness (QED) is 0.604. The Morgan fingerprint density at radius 3 is 2.56 bits per heavy atom. The summed E-state index contributed by atoms with van der Waals surface area (Å²) in [7, 11) is 0. The first-order valence-corrected chi connectivity index (χ1v) is 9.57. The number of benzene rings is 1. The molecule has 0 saturated carbocycles. The Morgan fingerprint density at radius 1 is 1.15 bits per heavy atom. The lowest BCUT2D eigenvalue weighted by Gasteiger charge is -2.35. The molecular weight excluding hydrogens is 368 g/mol. The van der Waals surface area contributed by atoms with E-state index >= 15 is 0 Å². The highest BCUT2D eigenvalue weighted by atomic mass is 32.1. The molecule has 1 aromatic heterocycles. The fourth-order valence-electron chi connectivity index (χ4n) is 3.02. The molecule has 0 spiro atoms. The van der Waals surface area contributed by atoms with Crippen molar-refractivity contribution < 1.29 is 14.5 Å². The van der Waals surface area contributed by atoms with E-state index in [-0.39, 0.29) is 35.4 Å². The smallest absolute Gasteiger partial charge is 0.292 e. The maximum atomic E-state index is 12.3. The first-order chi connectivity index (χ1) is 13.1. The first kappa shape index (κ1) is 18.8. The van der Waals surface area contributed by atoms with Crippen LogP contribution in [0.4, 0.5) is 11.4 Å². The van der Waals surface area contributed by atoms with Crippen LogP contribution in [0.3, 0.4) is 0 Å². The van der Waals surface area contributed by atoms with Crippen LogP contribution in [0, 0.1) is 10.1 Å². The highest BCUT2D eigenvalue weighted by Crippen LogP contribution is 2.28. The zero-order valence-electron chi connectivity index (χ0n) is 14.7. The molecule has 8 nitrogen and oxygen atoms in total. The number of carbonyl (C=O) groups excluding carboxylic acids is 2. The Labute approximate surface area is 160 Å². The predicted octanol–water partition coefficient (Wildman–Crippen LogP) is 2.12. The molecule has 0 bridgehead atoms. The Bertz CT molecular complexity index is 817. The van der Waals surface area contributed by atoms with E-state index in [1.165, 1.54) is 17.4 Å². The van der Waals surface area contributed by atoms with Crippen molar-refractivity contribution in [3.63, 3.8) is 0 Å². The minimum atomic E-state index is -0.386. The maximum absolute atomic E-state index is 12.3. The molecule has 1 aliphatic heterocycles. The molecule has 3 rings (SSSR count). The Balaban J connectivity index is 1.47. The van der Waals surface area contributed by atoms with Gasteiger partial charge >= 0.3 is 0 Å². The summed E-state index contributed by atoms with van der Waals surface area (Å²) in [5.74, 6) is -0.201. The van der Waals surface area contributed by atoms with Crippen molar-refractivity contribution in [3.8, 4) is 0 Å². The van der Waals surface area contributed by atoms with Crippen molar-refractivity contribution in [1.29, 1.82) is 0 Å². The van der Waals surface area contributed by atoms with E-state index in [2.05, 4.69) is 5.32 Å². The SMILES string of the molecule is O=C(NCCC(=O)N1CCN(c2ccccc2[N+](=O)[O-])CC1)c1ccsc1. The number of nitrogens with zero attached hydrogens (tertiary/aromatic N) is 3. The maximum Gasteiger partial charge on any atom is 0.292 e. The van der Waals surface area contributed by atoms with E-state index in [1.54, 1.807) is 34.5 Å². The average Bonchev–Trinajstić information content (AvgIpc) is 3.23. The highest BCUT2D eigenvalue weighted by molar-refractivity contribution is 7.08. The van der Waals surface area contributed by atoms with Gasteiger partial charge in [0.15, 0.2) is 0 Å². The van der Waals surface area contributed by atoms with E-state index in [4.69, 9.17) is 0 Å². The molecule has 9 heteroatoms. The lowest BCUT2D eigenvalue weighted by Crippen LogP contribution is -2.49. The van der Waals surface area contributed by atoms with Gasteiger partial charge in [0.1, 0.15) is 5.69 Å². The number of para-hydroxylation sites is 2. The summed E-state index contributed by atoms with van der Waals surface area (Å²) in [6.07, 6.45) is 0.237. The van der Waals surface area contributed by atoms with Gasteiger partial charge in [-0.05, 0) is 17.5 Å². The number of rotatable bonds is 6. The highest BCUT2D eigenvalue weighted by Gasteiger charge is 2.25. The van der Waals surface area contributed by atoms with Crippen LogP contribution in [0.5, 0.6) is 0 Å². The molecule has 0 radical (unpaired) electrons. The summed E-state index contributed by atoms with van der Waals surface area (Å²) >= 11 is 1.45. The van der Waals surface area contributed by atoms with E-state index < -0.39 is 0 Å². The number of nitro benzene ring substituents is 1. The zero-order valence-corrected chi connectivity index (χ0v) is 15.5. The van der Waals surface area contributed by atoms with E-state index in [1.807, 2.05) is 10.3 Å². The monoisotopic (exact) mass is 388 g/mol. The zero-order chi connectivity index (χ0) is 19.2. The van der Waals surface area contributed by atoms with Crippen molar-refractivity contribution in [3.05, 3.63) is 56.8 Å². The molecule has 1 N–H and O–H groups in total. The van der Waals surface area contributed by atoms with E-state index in [9.17, 15) is 19.7 Å². The molecule has 1 fully saturated rings. The minimum Gasteiger partial charge on any atom is -0.362 e. The topological polar surface area (TPSA) is 95.8 Å². The van der Waals surface area contributed by atoms with Crippen molar-refractivity contribution in [2.45, 2.75) is 6.42 Å². The lowest BCUT2D eigenvalue weighted by molar-refractivity contribution is -0.384. The summed E-state index contributed by atoms with van der Waals surface area (Å²) in [5.41, 5.74) is 1.26. The van der Waals surface area contributed by atoms with Crippen LogP contribution >= 0.6 is 11.3 Å². The Kier molecular flexibility index (Phi) is 6.02. The molecule has 0 atom stereocenters. The van der Waals surface area contributed by atoms with Gasteiger partial charge in [0, 0.05) is 56.2 Å². The number of anilines is 1. The van der Waals surface area contributed by atoms with Gasteiger partial charge in [-0.3, -0.25) is 19.7 Å². The van der Waals surface area contributed by atoms with Crippen LogP contribution in [0.15, 0.2) is 41.1 Å². The van der Waals surface area contributed by atoms with Gasteiger partial charge in [-0.15, -0.1) is 0 Å². The second-order valence-electron chi connectivity index (χ2n) is 6.13. The van der Waals surface area contributed by atoms with Gasteiger partial charge in [0.05, 0.1) is 4.92 Å². The molecule has 2 aromatic rings. The van der Waals surface area contributed by atoms with Crippen molar-refractivity contribution in [1.82, 2.24) is 10.2 Å². The fourth-order valence-corrected chi connectivity index (χ4v) is 3.66. The molecule has 0 unspecified atom stereocenters. The van der Waals surface area contributed by atoms with E-state index in [0.29, 0.717) is 37.4 Å². The Morgan fingerprint density at radius 2 is 1.89 bits per heavy atom. The molecule has 0 aliphatic carbocycles. The molecule has 2 amide bonds. The summed E-state index contributed by atoms with van der Waals surface area (Å²) in [6, 6.07) is 8.38. The van der Waals surface area contributed by atoms with Crippen molar-refractivity contribution in [2.75, 3.05) is 37.6 Å². The third-order valence-electron chi connectivity index (χ3n) is 4.46. The molecule has 1 saturated heterocycles. The van der Waals surface area contributed by atoms with Gasteiger partial charge in [-0.25, -0.2) is 0 Å². The summed E-state index contributed by atoms with van der Waals surface area (Å²) in [4.78, 5) is 38.7. The fraction of sp³-hybridized carbons (Fsp3) is 0.333. The Hall–Kier alpha value is -2.94. The van der Waals surface area contributed by atoms with Crippen LogP contribution in [0.25, 0.3) is 0 Å².